The Bertz CT molecular complexity index is 399. The molecule has 0 aliphatic carbocycles. The summed E-state index contributed by atoms with van der Waals surface area (Å²) < 4.78 is 39.4. The van der Waals surface area contributed by atoms with Gasteiger partial charge in [-0.1, -0.05) is 0 Å². The first-order chi connectivity index (χ1) is 7.91. The van der Waals surface area contributed by atoms with Gasteiger partial charge < -0.3 is 5.32 Å². The summed E-state index contributed by atoms with van der Waals surface area (Å²) in [6, 6.07) is 2.15. The first-order valence-electron chi connectivity index (χ1n) is 4.75. The lowest BCUT2D eigenvalue weighted by Crippen LogP contribution is -2.15. The van der Waals surface area contributed by atoms with Gasteiger partial charge in [0.15, 0.2) is 6.29 Å². The minimum Gasteiger partial charge on any atom is -0.388 e. The van der Waals surface area contributed by atoms with E-state index in [2.05, 4.69) is 18.5 Å². The van der Waals surface area contributed by atoms with Gasteiger partial charge in [0.1, 0.15) is 5.82 Å². The number of alkyl halides is 2. The Morgan fingerprint density at radius 1 is 1.35 bits per heavy atom. The predicted molar refractivity (Wildman–Crippen MR) is 62.2 cm³/mol. The summed E-state index contributed by atoms with van der Waals surface area (Å²) >= 11 is 0. The number of rotatable bonds is 3. The lowest BCUT2D eigenvalue weighted by Gasteiger charge is -2.17. The van der Waals surface area contributed by atoms with Gasteiger partial charge >= 0.3 is 0 Å². The maximum atomic E-state index is 13.2. The number of carbonyl (C=O) groups is 1. The fraction of sp³-hybridized carbons (Fsp3) is 0.250. The van der Waals surface area contributed by atoms with Crippen molar-refractivity contribution in [3.63, 3.8) is 0 Å². The van der Waals surface area contributed by atoms with Crippen LogP contribution in [0.1, 0.15) is 22.8 Å². The molecule has 0 aliphatic rings. The molecule has 1 rings (SSSR count). The molecule has 5 heteroatoms. The van der Waals surface area contributed by atoms with Crippen molar-refractivity contribution < 1.29 is 18.0 Å². The molecule has 0 saturated heterocycles. The van der Waals surface area contributed by atoms with Gasteiger partial charge in [-0.2, -0.15) is 0 Å². The lowest BCUT2D eigenvalue weighted by molar-refractivity contribution is 0.0171. The number of anilines is 1. The minimum absolute atomic E-state index is 0.0472. The van der Waals surface area contributed by atoms with Crippen molar-refractivity contribution in [1.29, 1.82) is 0 Å². The van der Waals surface area contributed by atoms with Gasteiger partial charge in [-0.3, -0.25) is 4.79 Å². The highest BCUT2D eigenvalue weighted by Gasteiger charge is 2.32. The molecule has 0 unspecified atom stereocenters. The third-order valence-corrected chi connectivity index (χ3v) is 2.02. The van der Waals surface area contributed by atoms with Crippen LogP contribution in [0.15, 0.2) is 25.3 Å². The number of nitrogens with one attached hydrogen (secondary N) is 1. The molecule has 0 atom stereocenters. The third kappa shape index (κ3) is 3.34. The smallest absolute Gasteiger partial charge is 0.273 e. The molecule has 0 saturated carbocycles. The van der Waals surface area contributed by atoms with Crippen LogP contribution in [0, 0.1) is 5.82 Å². The number of aldehydes is 1. The maximum absolute atomic E-state index is 13.2. The van der Waals surface area contributed by atoms with E-state index in [0.29, 0.717) is 6.92 Å². The van der Waals surface area contributed by atoms with Crippen molar-refractivity contribution in [3.8, 4) is 0 Å². The topological polar surface area (TPSA) is 29.1 Å². The molecule has 0 fully saturated rings. The van der Waals surface area contributed by atoms with Gasteiger partial charge in [0.2, 0.25) is 0 Å². The van der Waals surface area contributed by atoms with Crippen LogP contribution >= 0.6 is 0 Å². The van der Waals surface area contributed by atoms with E-state index in [1.165, 1.54) is 13.1 Å². The van der Waals surface area contributed by atoms with Gasteiger partial charge in [0.05, 0.1) is 11.1 Å². The zero-order valence-electron chi connectivity index (χ0n) is 9.69. The van der Waals surface area contributed by atoms with E-state index in [0.717, 1.165) is 6.07 Å². The van der Waals surface area contributed by atoms with Crippen molar-refractivity contribution >= 4 is 12.0 Å². The normalized spacial score (nSPS) is 10.2. The van der Waals surface area contributed by atoms with E-state index in [4.69, 9.17) is 0 Å². The Morgan fingerprint density at radius 2 is 1.88 bits per heavy atom. The Labute approximate surface area is 98.1 Å². The van der Waals surface area contributed by atoms with Crippen LogP contribution in [0.2, 0.25) is 0 Å². The fourth-order valence-corrected chi connectivity index (χ4v) is 1.39. The summed E-state index contributed by atoms with van der Waals surface area (Å²) in [4.78, 5) is 10.6. The van der Waals surface area contributed by atoms with Gasteiger partial charge in [-0.15, -0.1) is 13.2 Å². The largest absolute Gasteiger partial charge is 0.388 e. The number of hydrogen-bond acceptors (Lipinski definition) is 2. The maximum Gasteiger partial charge on any atom is 0.273 e. The molecule has 0 spiro atoms. The molecule has 0 aromatic heterocycles. The molecule has 1 N–H and O–H groups in total. The van der Waals surface area contributed by atoms with Crippen molar-refractivity contribution in [2.75, 3.05) is 12.4 Å². The molecule has 1 aromatic carbocycles. The van der Waals surface area contributed by atoms with Gasteiger partial charge in [-0.25, -0.2) is 13.2 Å². The highest BCUT2D eigenvalue weighted by molar-refractivity contribution is 5.82. The highest BCUT2D eigenvalue weighted by Crippen LogP contribution is 2.36. The standard InChI is InChI=1S/C10H10F3NO.C2H4/c1-10(12,13)9-6(5-15)7(11)3-4-8(9)14-2;1-2/h3-5,14H,1-2H3;1-2H2. The second kappa shape index (κ2) is 6.08. The Hall–Kier alpha value is -1.78. The van der Waals surface area contributed by atoms with Gasteiger partial charge in [0, 0.05) is 19.7 Å². The van der Waals surface area contributed by atoms with Crippen LogP contribution in [0.4, 0.5) is 18.9 Å². The van der Waals surface area contributed by atoms with Crippen LogP contribution in [0.25, 0.3) is 0 Å². The average molecular weight is 245 g/mol. The predicted octanol–water partition coefficient (Wildman–Crippen LogP) is 3.59. The van der Waals surface area contributed by atoms with Crippen LogP contribution in [-0.2, 0) is 5.92 Å². The quantitative estimate of drug-likeness (QED) is 0.651. The van der Waals surface area contributed by atoms with E-state index >= 15 is 0 Å². The molecular weight excluding hydrogens is 231 g/mol. The van der Waals surface area contributed by atoms with E-state index in [1.807, 2.05) is 0 Å². The van der Waals surface area contributed by atoms with Crippen LogP contribution < -0.4 is 5.32 Å². The molecule has 0 radical (unpaired) electrons. The Balaban J connectivity index is 0.00000121. The molecule has 0 aliphatic heterocycles. The van der Waals surface area contributed by atoms with E-state index in [-0.39, 0.29) is 12.0 Å². The van der Waals surface area contributed by atoms with Crippen molar-refractivity contribution in [2.45, 2.75) is 12.8 Å². The summed E-state index contributed by atoms with van der Waals surface area (Å²) in [6.45, 7) is 6.62. The monoisotopic (exact) mass is 245 g/mol. The first-order valence-corrected chi connectivity index (χ1v) is 4.75. The van der Waals surface area contributed by atoms with Gasteiger partial charge in [0.25, 0.3) is 5.92 Å². The summed E-state index contributed by atoms with van der Waals surface area (Å²) in [5.41, 5.74) is -1.17. The Kier molecular flexibility index (Phi) is 5.44. The summed E-state index contributed by atoms with van der Waals surface area (Å²) in [5, 5.41) is 2.50. The number of halogens is 3. The molecule has 94 valence electrons. The van der Waals surface area contributed by atoms with Crippen LogP contribution in [0.3, 0.4) is 0 Å². The lowest BCUT2D eigenvalue weighted by atomic mass is 10.0. The molecule has 2 nitrogen and oxygen atoms in total. The van der Waals surface area contributed by atoms with Crippen molar-refractivity contribution in [2.24, 2.45) is 0 Å². The Morgan fingerprint density at radius 3 is 2.24 bits per heavy atom. The van der Waals surface area contributed by atoms with Gasteiger partial charge in [-0.05, 0) is 12.1 Å². The average Bonchev–Trinajstić information content (AvgIpc) is 2.30. The summed E-state index contributed by atoms with van der Waals surface area (Å²) in [5.74, 6) is -4.21. The SMILES string of the molecule is C=C.CNc1ccc(F)c(C=O)c1C(C)(F)F. The molecule has 0 heterocycles. The van der Waals surface area contributed by atoms with E-state index in [9.17, 15) is 18.0 Å². The minimum atomic E-state index is -3.27. The van der Waals surface area contributed by atoms with Crippen molar-refractivity contribution in [1.82, 2.24) is 0 Å². The van der Waals surface area contributed by atoms with E-state index in [1.54, 1.807) is 0 Å². The second-order valence-corrected chi connectivity index (χ2v) is 3.14. The summed E-state index contributed by atoms with van der Waals surface area (Å²) in [6.07, 6.45) is 0.100. The molecule has 0 bridgehead atoms. The third-order valence-electron chi connectivity index (χ3n) is 2.02. The number of hydrogen-bond donors (Lipinski definition) is 1. The van der Waals surface area contributed by atoms with Crippen molar-refractivity contribution in [3.05, 3.63) is 42.2 Å². The summed E-state index contributed by atoms with van der Waals surface area (Å²) in [7, 11) is 1.43. The first kappa shape index (κ1) is 15.2. The molecule has 0 amide bonds. The van der Waals surface area contributed by atoms with Crippen LogP contribution in [-0.4, -0.2) is 13.3 Å². The second-order valence-electron chi connectivity index (χ2n) is 3.14. The fourth-order valence-electron chi connectivity index (χ4n) is 1.39. The molecular formula is C12H14F3NO. The van der Waals surface area contributed by atoms with Crippen LogP contribution in [0.5, 0.6) is 0 Å². The highest BCUT2D eigenvalue weighted by atomic mass is 19.3. The molecule has 1 aromatic rings. The zero-order valence-corrected chi connectivity index (χ0v) is 9.69. The zero-order chi connectivity index (χ0) is 13.6. The number of benzene rings is 1. The molecule has 17 heavy (non-hydrogen) atoms. The van der Waals surface area contributed by atoms with E-state index < -0.39 is 22.9 Å². The number of carbonyl (C=O) groups excluding carboxylic acids is 1.